The number of unbranched alkanes of at least 4 members (excludes halogenated alkanes) is 3. The molecule has 9 heteroatoms. The lowest BCUT2D eigenvalue weighted by Crippen LogP contribution is -2.62. The molecule has 1 heterocycles. The van der Waals surface area contributed by atoms with Gasteiger partial charge in [0, 0.05) is 12.6 Å². The van der Waals surface area contributed by atoms with Crippen LogP contribution in [0.1, 0.15) is 77.6 Å². The van der Waals surface area contributed by atoms with E-state index in [2.05, 4.69) is 46.7 Å². The summed E-state index contributed by atoms with van der Waals surface area (Å²) in [6.45, 7) is 9.68. The molecule has 5 atom stereocenters. The SMILES string of the molecule is CCCCN[C@H]([C@H](C)O)C(O)(NCCCC)c1cnc(C[C@H](O)[C@@H](CO)NCCCC)cn1. The molecule has 1 aromatic heterocycles. The minimum absolute atomic E-state index is 0.170. The zero-order chi connectivity index (χ0) is 24.7. The van der Waals surface area contributed by atoms with Crippen LogP contribution in [-0.4, -0.2) is 80.9 Å². The van der Waals surface area contributed by atoms with Crippen molar-refractivity contribution in [1.29, 1.82) is 0 Å². The zero-order valence-electron chi connectivity index (χ0n) is 20.9. The molecule has 0 aromatic carbocycles. The number of rotatable bonds is 19. The first-order valence-electron chi connectivity index (χ1n) is 12.6. The van der Waals surface area contributed by atoms with Crippen LogP contribution >= 0.6 is 0 Å². The summed E-state index contributed by atoms with van der Waals surface area (Å²) in [4.78, 5) is 8.88. The number of aromatic nitrogens is 2. The van der Waals surface area contributed by atoms with Gasteiger partial charge >= 0.3 is 0 Å². The molecule has 1 unspecified atom stereocenters. The summed E-state index contributed by atoms with van der Waals surface area (Å²) in [6.07, 6.45) is 7.39. The van der Waals surface area contributed by atoms with E-state index >= 15 is 0 Å². The number of hydrogen-bond acceptors (Lipinski definition) is 9. The van der Waals surface area contributed by atoms with Gasteiger partial charge in [-0.25, -0.2) is 0 Å². The summed E-state index contributed by atoms with van der Waals surface area (Å²) in [7, 11) is 0. The second-order valence-corrected chi connectivity index (χ2v) is 8.83. The molecular weight excluding hydrogens is 422 g/mol. The average Bonchev–Trinajstić information content (AvgIpc) is 2.79. The monoisotopic (exact) mass is 469 g/mol. The van der Waals surface area contributed by atoms with Crippen molar-refractivity contribution in [2.45, 2.75) is 103 Å². The smallest absolute Gasteiger partial charge is 0.178 e. The van der Waals surface area contributed by atoms with E-state index in [-0.39, 0.29) is 13.0 Å². The number of aliphatic hydroxyl groups excluding tert-OH is 3. The van der Waals surface area contributed by atoms with Crippen molar-refractivity contribution in [1.82, 2.24) is 25.9 Å². The predicted molar refractivity (Wildman–Crippen MR) is 131 cm³/mol. The van der Waals surface area contributed by atoms with Crippen LogP contribution in [0.25, 0.3) is 0 Å². The third-order valence-corrected chi connectivity index (χ3v) is 5.86. The van der Waals surface area contributed by atoms with Gasteiger partial charge in [-0.2, -0.15) is 0 Å². The third-order valence-electron chi connectivity index (χ3n) is 5.86. The van der Waals surface area contributed by atoms with E-state index in [0.717, 1.165) is 45.1 Å². The highest BCUT2D eigenvalue weighted by Crippen LogP contribution is 2.23. The fourth-order valence-electron chi connectivity index (χ4n) is 3.72. The molecular formula is C24H47N5O4. The van der Waals surface area contributed by atoms with E-state index in [1.54, 1.807) is 6.92 Å². The van der Waals surface area contributed by atoms with Crippen molar-refractivity contribution in [3.05, 3.63) is 23.8 Å². The first-order chi connectivity index (χ1) is 15.8. The summed E-state index contributed by atoms with van der Waals surface area (Å²) in [5.74, 6) is 0. The van der Waals surface area contributed by atoms with E-state index in [4.69, 9.17) is 0 Å². The van der Waals surface area contributed by atoms with Crippen LogP contribution in [0, 0.1) is 0 Å². The topological polar surface area (TPSA) is 143 Å². The lowest BCUT2D eigenvalue weighted by molar-refractivity contribution is -0.0759. The molecule has 0 aliphatic carbocycles. The minimum Gasteiger partial charge on any atom is -0.395 e. The van der Waals surface area contributed by atoms with Gasteiger partial charge in [-0.3, -0.25) is 15.3 Å². The molecule has 1 aromatic rings. The van der Waals surface area contributed by atoms with Gasteiger partial charge in [-0.05, 0) is 45.8 Å². The van der Waals surface area contributed by atoms with Crippen LogP contribution in [0.4, 0.5) is 0 Å². The van der Waals surface area contributed by atoms with E-state index in [1.165, 1.54) is 12.4 Å². The maximum atomic E-state index is 11.6. The second kappa shape index (κ2) is 16.4. The van der Waals surface area contributed by atoms with E-state index in [9.17, 15) is 20.4 Å². The van der Waals surface area contributed by atoms with Gasteiger partial charge in [0.1, 0.15) is 5.69 Å². The molecule has 0 saturated heterocycles. The Morgan fingerprint density at radius 3 is 2.03 bits per heavy atom. The van der Waals surface area contributed by atoms with Crippen molar-refractivity contribution in [3.8, 4) is 0 Å². The molecule has 9 nitrogen and oxygen atoms in total. The van der Waals surface area contributed by atoms with Gasteiger partial charge in [-0.15, -0.1) is 0 Å². The lowest BCUT2D eigenvalue weighted by atomic mass is 9.94. The van der Waals surface area contributed by atoms with Crippen molar-refractivity contribution < 1.29 is 20.4 Å². The maximum Gasteiger partial charge on any atom is 0.178 e. The van der Waals surface area contributed by atoms with Crippen LogP contribution < -0.4 is 16.0 Å². The Bertz CT molecular complexity index is 619. The van der Waals surface area contributed by atoms with Crippen LogP contribution in [0.15, 0.2) is 12.4 Å². The summed E-state index contributed by atoms with van der Waals surface area (Å²) in [5, 5.41) is 51.8. The fourth-order valence-corrected chi connectivity index (χ4v) is 3.72. The van der Waals surface area contributed by atoms with Crippen molar-refractivity contribution in [3.63, 3.8) is 0 Å². The standard InChI is InChI=1S/C24H47N5O4/c1-5-8-11-25-20(17-30)21(32)14-19-15-28-22(16-27-19)24(33,29-13-10-7-3)23(18(4)31)26-12-9-6-2/h15-16,18,20-21,23,25-26,29-33H,5-14,17H2,1-4H3/t18-,20+,21-,23+,24?/m0/s1. The highest BCUT2D eigenvalue weighted by atomic mass is 16.3. The summed E-state index contributed by atoms with van der Waals surface area (Å²) in [5.41, 5.74) is -0.728. The van der Waals surface area contributed by atoms with Gasteiger partial charge in [0.05, 0.1) is 42.8 Å². The molecule has 7 N–H and O–H groups in total. The predicted octanol–water partition coefficient (Wildman–Crippen LogP) is 0.805. The highest BCUT2D eigenvalue weighted by Gasteiger charge is 2.42. The Morgan fingerprint density at radius 1 is 0.909 bits per heavy atom. The van der Waals surface area contributed by atoms with E-state index < -0.39 is 30.0 Å². The Morgan fingerprint density at radius 2 is 1.52 bits per heavy atom. The number of nitrogens with one attached hydrogen (secondary N) is 3. The molecule has 192 valence electrons. The van der Waals surface area contributed by atoms with Gasteiger partial charge in [0.25, 0.3) is 0 Å². The van der Waals surface area contributed by atoms with E-state index in [1.807, 2.05) is 0 Å². The fraction of sp³-hybridized carbons (Fsp3) is 0.833. The molecule has 0 aliphatic rings. The Labute approximate surface area is 199 Å². The van der Waals surface area contributed by atoms with Crippen molar-refractivity contribution in [2.24, 2.45) is 0 Å². The number of aliphatic hydroxyl groups is 4. The zero-order valence-corrected chi connectivity index (χ0v) is 20.9. The van der Waals surface area contributed by atoms with Crippen LogP contribution in [-0.2, 0) is 12.1 Å². The minimum atomic E-state index is -1.60. The molecule has 1 rings (SSSR count). The quantitative estimate of drug-likeness (QED) is 0.116. The molecule has 0 aliphatic heterocycles. The molecule has 0 saturated carbocycles. The van der Waals surface area contributed by atoms with Crippen molar-refractivity contribution in [2.75, 3.05) is 26.2 Å². The molecule has 0 fully saturated rings. The normalized spacial score (nSPS) is 17.3. The van der Waals surface area contributed by atoms with Crippen LogP contribution in [0.3, 0.4) is 0 Å². The maximum absolute atomic E-state index is 11.6. The van der Waals surface area contributed by atoms with Crippen molar-refractivity contribution >= 4 is 0 Å². The van der Waals surface area contributed by atoms with Gasteiger partial charge in [0.15, 0.2) is 5.72 Å². The summed E-state index contributed by atoms with van der Waals surface area (Å²) < 4.78 is 0. The van der Waals surface area contributed by atoms with Gasteiger partial charge < -0.3 is 31.1 Å². The Balaban J connectivity index is 3.01. The lowest BCUT2D eigenvalue weighted by Gasteiger charge is -2.38. The first-order valence-corrected chi connectivity index (χ1v) is 12.6. The Kier molecular flexibility index (Phi) is 14.9. The molecule has 0 amide bonds. The van der Waals surface area contributed by atoms with Gasteiger partial charge in [-0.1, -0.05) is 40.0 Å². The Hall–Kier alpha value is -1.20. The molecule has 0 spiro atoms. The van der Waals surface area contributed by atoms with E-state index in [0.29, 0.717) is 24.5 Å². The number of nitrogens with zero attached hydrogens (tertiary/aromatic N) is 2. The average molecular weight is 470 g/mol. The molecule has 0 radical (unpaired) electrons. The van der Waals surface area contributed by atoms with Crippen LogP contribution in [0.5, 0.6) is 0 Å². The van der Waals surface area contributed by atoms with Gasteiger partial charge in [0.2, 0.25) is 0 Å². The molecule has 0 bridgehead atoms. The highest BCUT2D eigenvalue weighted by molar-refractivity contribution is 5.15. The number of hydrogen-bond donors (Lipinski definition) is 7. The summed E-state index contributed by atoms with van der Waals surface area (Å²) in [6, 6.07) is -1.11. The second-order valence-electron chi connectivity index (χ2n) is 8.83. The largest absolute Gasteiger partial charge is 0.395 e. The molecule has 33 heavy (non-hydrogen) atoms. The third kappa shape index (κ3) is 9.90. The van der Waals surface area contributed by atoms with Crippen LogP contribution in [0.2, 0.25) is 0 Å². The summed E-state index contributed by atoms with van der Waals surface area (Å²) >= 11 is 0. The first kappa shape index (κ1) is 29.8.